The Labute approximate surface area is 109 Å². The molecule has 2 aromatic carbocycles. The summed E-state index contributed by atoms with van der Waals surface area (Å²) in [5, 5.41) is 10.3. The Morgan fingerprint density at radius 1 is 1.00 bits per heavy atom. The fraction of sp³-hybridized carbons (Fsp3) is 0.143. The van der Waals surface area contributed by atoms with Gasteiger partial charge in [-0.3, -0.25) is 0 Å². The van der Waals surface area contributed by atoms with Crippen molar-refractivity contribution >= 4 is 22.6 Å². The number of hydrogen-bond donors (Lipinski definition) is 1. The smallest absolute Gasteiger partial charge is 0.105 e. The second-order valence-electron chi connectivity index (χ2n) is 3.79. The summed E-state index contributed by atoms with van der Waals surface area (Å²) in [6.45, 7) is 2.06. The van der Waals surface area contributed by atoms with Crippen LogP contribution in [0, 0.1) is 10.5 Å². The van der Waals surface area contributed by atoms with E-state index in [1.807, 2.05) is 42.5 Å². The quantitative estimate of drug-likeness (QED) is 0.836. The highest BCUT2D eigenvalue weighted by Gasteiger charge is 2.13. The van der Waals surface area contributed by atoms with Crippen LogP contribution in [0.2, 0.25) is 0 Å². The Balaban J connectivity index is 2.42. The van der Waals surface area contributed by atoms with Gasteiger partial charge in [-0.05, 0) is 46.2 Å². The maximum absolute atomic E-state index is 10.3. The molecule has 82 valence electrons. The molecule has 16 heavy (non-hydrogen) atoms. The Bertz CT molecular complexity index is 479. The molecular formula is C14H13IO. The molecule has 0 fully saturated rings. The van der Waals surface area contributed by atoms with Crippen molar-refractivity contribution in [1.29, 1.82) is 0 Å². The standard InChI is InChI=1S/C14H13IO/c1-10-6-5-9-12(13(10)15)14(16)11-7-3-2-4-8-11/h2-9,14,16H,1H3. The van der Waals surface area contributed by atoms with Crippen LogP contribution in [0.3, 0.4) is 0 Å². The van der Waals surface area contributed by atoms with E-state index in [1.54, 1.807) is 0 Å². The van der Waals surface area contributed by atoms with Gasteiger partial charge in [-0.15, -0.1) is 0 Å². The van der Waals surface area contributed by atoms with Gasteiger partial charge in [0.2, 0.25) is 0 Å². The van der Waals surface area contributed by atoms with Crippen LogP contribution in [0.15, 0.2) is 48.5 Å². The van der Waals surface area contributed by atoms with Crippen molar-refractivity contribution in [2.75, 3.05) is 0 Å². The third kappa shape index (κ3) is 2.28. The molecule has 0 bridgehead atoms. The monoisotopic (exact) mass is 324 g/mol. The normalized spacial score (nSPS) is 12.4. The van der Waals surface area contributed by atoms with Crippen molar-refractivity contribution in [2.45, 2.75) is 13.0 Å². The zero-order chi connectivity index (χ0) is 11.5. The summed E-state index contributed by atoms with van der Waals surface area (Å²) in [6.07, 6.45) is -0.534. The van der Waals surface area contributed by atoms with Gasteiger partial charge in [-0.2, -0.15) is 0 Å². The number of aliphatic hydroxyl groups is 1. The number of benzene rings is 2. The van der Waals surface area contributed by atoms with Gasteiger partial charge in [-0.1, -0.05) is 48.5 Å². The minimum absolute atomic E-state index is 0.534. The largest absolute Gasteiger partial charge is 0.384 e. The summed E-state index contributed by atoms with van der Waals surface area (Å²) in [7, 11) is 0. The summed E-state index contributed by atoms with van der Waals surface area (Å²) >= 11 is 2.29. The van der Waals surface area contributed by atoms with E-state index in [0.717, 1.165) is 14.7 Å². The van der Waals surface area contributed by atoms with Gasteiger partial charge in [0.05, 0.1) is 0 Å². The highest BCUT2D eigenvalue weighted by molar-refractivity contribution is 14.1. The first kappa shape index (κ1) is 11.6. The molecule has 0 saturated carbocycles. The van der Waals surface area contributed by atoms with Gasteiger partial charge in [0, 0.05) is 3.57 Å². The second kappa shape index (κ2) is 4.97. The van der Waals surface area contributed by atoms with Crippen molar-refractivity contribution < 1.29 is 5.11 Å². The number of halogens is 1. The highest BCUT2D eigenvalue weighted by Crippen LogP contribution is 2.27. The molecule has 1 nitrogen and oxygen atoms in total. The van der Waals surface area contributed by atoms with E-state index in [2.05, 4.69) is 35.6 Å². The molecule has 2 heteroatoms. The molecule has 1 atom stereocenters. The Kier molecular flexibility index (Phi) is 3.61. The van der Waals surface area contributed by atoms with Crippen LogP contribution in [-0.2, 0) is 0 Å². The molecule has 0 aliphatic heterocycles. The van der Waals surface area contributed by atoms with Gasteiger partial charge in [0.1, 0.15) is 6.10 Å². The number of rotatable bonds is 2. The average Bonchev–Trinajstić information content (AvgIpc) is 2.33. The molecule has 0 spiro atoms. The van der Waals surface area contributed by atoms with Crippen LogP contribution in [0.1, 0.15) is 22.8 Å². The molecular weight excluding hydrogens is 311 g/mol. The SMILES string of the molecule is Cc1cccc(C(O)c2ccccc2)c1I. The summed E-state index contributed by atoms with van der Waals surface area (Å²) in [5.74, 6) is 0. The molecule has 0 aliphatic rings. The molecule has 0 aliphatic carbocycles. The van der Waals surface area contributed by atoms with Crippen molar-refractivity contribution in [2.24, 2.45) is 0 Å². The predicted octanol–water partition coefficient (Wildman–Crippen LogP) is 3.68. The summed E-state index contributed by atoms with van der Waals surface area (Å²) in [6, 6.07) is 15.8. The first-order valence-electron chi connectivity index (χ1n) is 5.18. The molecule has 0 saturated heterocycles. The van der Waals surface area contributed by atoms with Gasteiger partial charge in [0.25, 0.3) is 0 Å². The lowest BCUT2D eigenvalue weighted by Gasteiger charge is -2.14. The topological polar surface area (TPSA) is 20.2 Å². The van der Waals surface area contributed by atoms with E-state index >= 15 is 0 Å². The van der Waals surface area contributed by atoms with Crippen LogP contribution in [0.4, 0.5) is 0 Å². The Morgan fingerprint density at radius 3 is 2.38 bits per heavy atom. The van der Waals surface area contributed by atoms with Gasteiger partial charge >= 0.3 is 0 Å². The Morgan fingerprint density at radius 2 is 1.69 bits per heavy atom. The fourth-order valence-corrected chi connectivity index (χ4v) is 2.35. The minimum Gasteiger partial charge on any atom is -0.384 e. The number of aryl methyl sites for hydroxylation is 1. The van der Waals surface area contributed by atoms with E-state index < -0.39 is 6.10 Å². The molecule has 2 aromatic rings. The second-order valence-corrected chi connectivity index (χ2v) is 4.87. The van der Waals surface area contributed by atoms with Crippen LogP contribution in [0.25, 0.3) is 0 Å². The molecule has 0 heterocycles. The first-order chi connectivity index (χ1) is 7.70. The van der Waals surface area contributed by atoms with Gasteiger partial charge in [-0.25, -0.2) is 0 Å². The zero-order valence-corrected chi connectivity index (χ0v) is 11.2. The van der Waals surface area contributed by atoms with E-state index in [-0.39, 0.29) is 0 Å². The summed E-state index contributed by atoms with van der Waals surface area (Å²) < 4.78 is 1.14. The molecule has 1 N–H and O–H groups in total. The number of hydrogen-bond acceptors (Lipinski definition) is 1. The Hall–Kier alpha value is -0.870. The van der Waals surface area contributed by atoms with Crippen molar-refractivity contribution in [3.05, 3.63) is 68.8 Å². The van der Waals surface area contributed by atoms with Gasteiger partial charge in [0.15, 0.2) is 0 Å². The molecule has 0 amide bonds. The predicted molar refractivity (Wildman–Crippen MR) is 74.4 cm³/mol. The zero-order valence-electron chi connectivity index (χ0n) is 9.02. The van der Waals surface area contributed by atoms with Crippen LogP contribution in [0.5, 0.6) is 0 Å². The molecule has 0 aromatic heterocycles. The van der Waals surface area contributed by atoms with E-state index in [0.29, 0.717) is 0 Å². The third-order valence-electron chi connectivity index (χ3n) is 2.63. The minimum atomic E-state index is -0.534. The van der Waals surface area contributed by atoms with E-state index in [1.165, 1.54) is 5.56 Å². The first-order valence-corrected chi connectivity index (χ1v) is 6.26. The van der Waals surface area contributed by atoms with Crippen LogP contribution < -0.4 is 0 Å². The molecule has 2 rings (SSSR count). The summed E-state index contributed by atoms with van der Waals surface area (Å²) in [5.41, 5.74) is 3.12. The highest BCUT2D eigenvalue weighted by atomic mass is 127. The molecule has 0 radical (unpaired) electrons. The van der Waals surface area contributed by atoms with Crippen LogP contribution >= 0.6 is 22.6 Å². The average molecular weight is 324 g/mol. The van der Waals surface area contributed by atoms with Crippen molar-refractivity contribution in [3.63, 3.8) is 0 Å². The maximum atomic E-state index is 10.3. The molecule has 1 unspecified atom stereocenters. The lowest BCUT2D eigenvalue weighted by atomic mass is 10.0. The van der Waals surface area contributed by atoms with Gasteiger partial charge < -0.3 is 5.11 Å². The lowest BCUT2D eigenvalue weighted by molar-refractivity contribution is 0.219. The van der Waals surface area contributed by atoms with E-state index in [9.17, 15) is 5.11 Å². The number of aliphatic hydroxyl groups excluding tert-OH is 1. The van der Waals surface area contributed by atoms with Crippen molar-refractivity contribution in [3.8, 4) is 0 Å². The lowest BCUT2D eigenvalue weighted by Crippen LogP contribution is -2.02. The third-order valence-corrected chi connectivity index (χ3v) is 4.11. The van der Waals surface area contributed by atoms with E-state index in [4.69, 9.17) is 0 Å². The fourth-order valence-electron chi connectivity index (χ4n) is 1.70. The summed E-state index contributed by atoms with van der Waals surface area (Å²) in [4.78, 5) is 0. The van der Waals surface area contributed by atoms with Crippen LogP contribution in [-0.4, -0.2) is 5.11 Å². The van der Waals surface area contributed by atoms with Crippen molar-refractivity contribution in [1.82, 2.24) is 0 Å². The maximum Gasteiger partial charge on any atom is 0.105 e.